The van der Waals surface area contributed by atoms with E-state index in [0.717, 1.165) is 17.4 Å². The van der Waals surface area contributed by atoms with Gasteiger partial charge in [-0.15, -0.1) is 0 Å². The Kier molecular flexibility index (Phi) is 17.0. The Morgan fingerprint density at radius 2 is 1.44 bits per heavy atom. The van der Waals surface area contributed by atoms with Gasteiger partial charge in [0, 0.05) is 6.42 Å². The monoisotopic (exact) mass is 372 g/mol. The number of likely N-dealkylation sites (N-methyl/N-ethyl adjacent to an activating group) is 1. The van der Waals surface area contributed by atoms with Gasteiger partial charge >= 0.3 is 0 Å². The van der Waals surface area contributed by atoms with Crippen molar-refractivity contribution in [3.8, 4) is 0 Å². The van der Waals surface area contributed by atoms with Gasteiger partial charge in [-0.3, -0.25) is 4.79 Å². The number of unbranched alkanes of at least 4 members (excludes halogenated alkanes) is 9. The van der Waals surface area contributed by atoms with Crippen molar-refractivity contribution in [2.45, 2.75) is 84.0 Å². The van der Waals surface area contributed by atoms with Crippen LogP contribution in [0.4, 0.5) is 0 Å². The quantitative estimate of drug-likeness (QED) is 0.126. The number of carbonyl (C=O) groups excluding carboxylic acids is 1. The van der Waals surface area contributed by atoms with Gasteiger partial charge in [0.05, 0.1) is 30.0 Å². The molecule has 148 valence electrons. The third-order valence-corrected chi connectivity index (χ3v) is 5.04. The summed E-state index contributed by atoms with van der Waals surface area (Å²) < 4.78 is 6.37. The minimum atomic E-state index is 0.0452. The van der Waals surface area contributed by atoms with Crippen molar-refractivity contribution in [3.05, 3.63) is 12.2 Å². The van der Waals surface area contributed by atoms with Gasteiger partial charge in [-0.1, -0.05) is 57.6 Å². The molecule has 0 rings (SSSR count). The van der Waals surface area contributed by atoms with Crippen LogP contribution in [0.2, 0.25) is 0 Å². The zero-order valence-corrected chi connectivity index (χ0v) is 18.3. The molecule has 1 atom stereocenters. The van der Waals surface area contributed by atoms with E-state index in [1.807, 2.05) is 0 Å². The molecule has 0 radical (unpaired) electrons. The lowest BCUT2D eigenvalue weighted by Crippen LogP contribution is -2.37. The molecule has 0 fully saturated rings. The van der Waals surface area contributed by atoms with E-state index >= 15 is 0 Å². The highest BCUT2D eigenvalue weighted by Crippen LogP contribution is 2.18. The SMILES string of the molecule is CCCCCCC=CCCCCCCCC(=O)POCC[N+](C)(C)C. The normalized spacial score (nSPS) is 12.6. The van der Waals surface area contributed by atoms with Crippen LogP contribution in [0.3, 0.4) is 0 Å². The van der Waals surface area contributed by atoms with Crippen molar-refractivity contribution < 1.29 is 13.8 Å². The second-order valence-electron chi connectivity index (χ2n) is 8.01. The predicted octanol–water partition coefficient (Wildman–Crippen LogP) is 6.09. The standard InChI is InChI=1S/C21H43NO2P/c1-5-6-7-8-9-10-11-12-13-14-15-16-17-18-21(23)25-24-20-19-22(2,3)4/h10-11,25H,5-9,12-20H2,1-4H3/q+1. The summed E-state index contributed by atoms with van der Waals surface area (Å²) in [5.41, 5.74) is 0.285. The fraction of sp³-hybridized carbons (Fsp3) is 0.857. The van der Waals surface area contributed by atoms with Crippen LogP contribution in [0.25, 0.3) is 0 Å². The largest absolute Gasteiger partial charge is 0.349 e. The summed E-state index contributed by atoms with van der Waals surface area (Å²) in [7, 11) is 6.45. The number of allylic oxidation sites excluding steroid dienone is 2. The predicted molar refractivity (Wildman–Crippen MR) is 112 cm³/mol. The third-order valence-electron chi connectivity index (χ3n) is 4.22. The van der Waals surface area contributed by atoms with E-state index in [0.29, 0.717) is 13.0 Å². The fourth-order valence-corrected chi connectivity index (χ4v) is 3.14. The maximum atomic E-state index is 11.7. The molecule has 0 aromatic rings. The van der Waals surface area contributed by atoms with Gasteiger partial charge < -0.3 is 9.01 Å². The van der Waals surface area contributed by atoms with Crippen molar-refractivity contribution in [2.75, 3.05) is 34.3 Å². The smallest absolute Gasteiger partial charge is 0.178 e. The number of hydrogen-bond donors (Lipinski definition) is 0. The third kappa shape index (κ3) is 21.7. The zero-order chi connectivity index (χ0) is 18.8. The molecule has 0 amide bonds. The molecule has 0 bridgehead atoms. The summed E-state index contributed by atoms with van der Waals surface area (Å²) in [5.74, 6) is 0. The van der Waals surface area contributed by atoms with Crippen molar-refractivity contribution in [2.24, 2.45) is 0 Å². The minimum absolute atomic E-state index is 0.0452. The first-order valence-electron chi connectivity index (χ1n) is 10.3. The first-order valence-corrected chi connectivity index (χ1v) is 11.2. The van der Waals surface area contributed by atoms with E-state index in [1.165, 1.54) is 64.2 Å². The summed E-state index contributed by atoms with van der Waals surface area (Å²) in [6.07, 6.45) is 19.3. The highest BCUT2D eigenvalue weighted by Gasteiger charge is 2.07. The molecule has 0 saturated carbocycles. The van der Waals surface area contributed by atoms with Crippen LogP contribution < -0.4 is 0 Å². The van der Waals surface area contributed by atoms with Crippen molar-refractivity contribution in [3.63, 3.8) is 0 Å². The van der Waals surface area contributed by atoms with Crippen LogP contribution >= 0.6 is 8.81 Å². The number of quaternary nitrogens is 1. The van der Waals surface area contributed by atoms with Crippen molar-refractivity contribution >= 4 is 14.3 Å². The summed E-state index contributed by atoms with van der Waals surface area (Å²) in [6, 6.07) is 0. The zero-order valence-electron chi connectivity index (χ0n) is 17.3. The van der Waals surface area contributed by atoms with Crippen LogP contribution in [0.5, 0.6) is 0 Å². The topological polar surface area (TPSA) is 26.3 Å². The summed E-state index contributed by atoms with van der Waals surface area (Å²) in [6.45, 7) is 3.89. The molecule has 1 unspecified atom stereocenters. The Labute approximate surface area is 159 Å². The Hall–Kier alpha value is -0.240. The van der Waals surface area contributed by atoms with Gasteiger partial charge in [-0.05, 0) is 32.1 Å². The molecule has 0 heterocycles. The number of carbonyl (C=O) groups is 1. The van der Waals surface area contributed by atoms with Gasteiger partial charge in [-0.2, -0.15) is 0 Å². The highest BCUT2D eigenvalue weighted by atomic mass is 31.1. The van der Waals surface area contributed by atoms with Gasteiger partial charge in [0.1, 0.15) is 13.2 Å². The average Bonchev–Trinajstić information content (AvgIpc) is 2.55. The van der Waals surface area contributed by atoms with Crippen LogP contribution in [0.1, 0.15) is 84.0 Å². The average molecular weight is 373 g/mol. The molecule has 0 aromatic heterocycles. The lowest BCUT2D eigenvalue weighted by Gasteiger charge is -2.23. The molecule has 0 aromatic carbocycles. The lowest BCUT2D eigenvalue weighted by molar-refractivity contribution is -0.870. The number of rotatable bonds is 18. The minimum Gasteiger partial charge on any atom is -0.349 e. The molecule has 25 heavy (non-hydrogen) atoms. The Balaban J connectivity index is 3.27. The molecule has 0 aliphatic rings. The molecule has 0 saturated heterocycles. The van der Waals surface area contributed by atoms with Gasteiger partial charge in [0.2, 0.25) is 0 Å². The van der Waals surface area contributed by atoms with Crippen LogP contribution in [-0.2, 0) is 9.32 Å². The van der Waals surface area contributed by atoms with E-state index in [-0.39, 0.29) is 14.3 Å². The lowest BCUT2D eigenvalue weighted by atomic mass is 10.1. The van der Waals surface area contributed by atoms with Crippen molar-refractivity contribution in [1.29, 1.82) is 0 Å². The Bertz CT molecular complexity index is 337. The van der Waals surface area contributed by atoms with Crippen LogP contribution in [0, 0.1) is 0 Å². The Morgan fingerprint density at radius 1 is 0.880 bits per heavy atom. The van der Waals surface area contributed by atoms with Gasteiger partial charge in [0.15, 0.2) is 5.52 Å². The molecular weight excluding hydrogens is 329 g/mol. The molecule has 0 N–H and O–H groups in total. The maximum Gasteiger partial charge on any atom is 0.178 e. The van der Waals surface area contributed by atoms with Crippen LogP contribution in [0.15, 0.2) is 12.2 Å². The van der Waals surface area contributed by atoms with E-state index in [9.17, 15) is 4.79 Å². The number of nitrogens with zero attached hydrogens (tertiary/aromatic N) is 1. The summed E-state index contributed by atoms with van der Waals surface area (Å²) in [4.78, 5) is 11.7. The first kappa shape index (κ1) is 24.8. The number of hydrogen-bond acceptors (Lipinski definition) is 2. The van der Waals surface area contributed by atoms with Gasteiger partial charge in [0.25, 0.3) is 0 Å². The molecule has 0 spiro atoms. The van der Waals surface area contributed by atoms with E-state index in [2.05, 4.69) is 40.2 Å². The van der Waals surface area contributed by atoms with Gasteiger partial charge in [-0.25, -0.2) is 0 Å². The highest BCUT2D eigenvalue weighted by molar-refractivity contribution is 7.53. The van der Waals surface area contributed by atoms with E-state index in [4.69, 9.17) is 4.52 Å². The molecular formula is C21H43NO2P+. The van der Waals surface area contributed by atoms with E-state index in [1.54, 1.807) is 0 Å². The molecule has 0 aliphatic heterocycles. The summed E-state index contributed by atoms with van der Waals surface area (Å²) >= 11 is 0. The Morgan fingerprint density at radius 3 is 2.04 bits per heavy atom. The molecule has 0 aliphatic carbocycles. The summed E-state index contributed by atoms with van der Waals surface area (Å²) in [5, 5.41) is 0. The van der Waals surface area contributed by atoms with E-state index < -0.39 is 0 Å². The second kappa shape index (κ2) is 17.2. The fourth-order valence-electron chi connectivity index (χ4n) is 2.50. The molecule has 3 nitrogen and oxygen atoms in total. The second-order valence-corrected chi connectivity index (χ2v) is 9.07. The van der Waals surface area contributed by atoms with Crippen LogP contribution in [-0.4, -0.2) is 44.3 Å². The van der Waals surface area contributed by atoms with Crippen molar-refractivity contribution in [1.82, 2.24) is 0 Å². The maximum absolute atomic E-state index is 11.7. The first-order chi connectivity index (χ1) is 12.0. The molecule has 4 heteroatoms.